The van der Waals surface area contributed by atoms with Gasteiger partial charge in [-0.25, -0.2) is 20.8 Å². The number of aromatic nitrogens is 5. The van der Waals surface area contributed by atoms with E-state index in [0.29, 0.717) is 17.3 Å². The molecule has 0 saturated carbocycles. The van der Waals surface area contributed by atoms with Crippen molar-refractivity contribution in [2.24, 2.45) is 12.9 Å². The van der Waals surface area contributed by atoms with Gasteiger partial charge in [-0.05, 0) is 19.1 Å². The van der Waals surface area contributed by atoms with Crippen molar-refractivity contribution in [2.45, 2.75) is 6.92 Å². The van der Waals surface area contributed by atoms with E-state index in [0.717, 1.165) is 17.0 Å². The maximum Gasteiger partial charge on any atom is 0.180 e. The van der Waals surface area contributed by atoms with Crippen LogP contribution in [-0.4, -0.2) is 24.7 Å². The van der Waals surface area contributed by atoms with Gasteiger partial charge in [-0.2, -0.15) is 5.10 Å². The second-order valence-corrected chi connectivity index (χ2v) is 4.67. The zero-order chi connectivity index (χ0) is 14.8. The molecule has 0 saturated heterocycles. The predicted octanol–water partition coefficient (Wildman–Crippen LogP) is 1.53. The molecule has 0 amide bonds. The van der Waals surface area contributed by atoms with Crippen molar-refractivity contribution in [3.63, 3.8) is 0 Å². The van der Waals surface area contributed by atoms with Crippen LogP contribution < -0.4 is 11.3 Å². The number of aryl methyl sites for hydroxylation is 2. The Bertz CT molecular complexity index is 778. The Morgan fingerprint density at radius 2 is 2.00 bits per heavy atom. The summed E-state index contributed by atoms with van der Waals surface area (Å²) in [6, 6.07) is 7.50. The molecule has 0 fully saturated rings. The van der Waals surface area contributed by atoms with Gasteiger partial charge >= 0.3 is 0 Å². The van der Waals surface area contributed by atoms with E-state index < -0.39 is 0 Å². The minimum absolute atomic E-state index is 0.521. The largest absolute Gasteiger partial charge is 0.308 e. The van der Waals surface area contributed by atoms with E-state index in [9.17, 15) is 0 Å². The average molecular weight is 281 g/mol. The number of nitrogens with zero attached hydrogens (tertiary/aromatic N) is 5. The molecule has 3 aromatic rings. The normalized spacial score (nSPS) is 10.6. The van der Waals surface area contributed by atoms with Crippen LogP contribution >= 0.6 is 0 Å². The lowest BCUT2D eigenvalue weighted by atomic mass is 10.2. The molecular weight excluding hydrogens is 266 g/mol. The van der Waals surface area contributed by atoms with E-state index in [1.54, 1.807) is 16.9 Å². The Morgan fingerprint density at radius 1 is 1.14 bits per heavy atom. The molecule has 0 atom stereocenters. The van der Waals surface area contributed by atoms with E-state index in [1.165, 1.54) is 0 Å². The molecule has 7 heteroatoms. The average Bonchev–Trinajstić information content (AvgIpc) is 2.93. The third-order valence-electron chi connectivity index (χ3n) is 2.99. The highest BCUT2D eigenvalue weighted by Crippen LogP contribution is 2.22. The van der Waals surface area contributed by atoms with Gasteiger partial charge in [0, 0.05) is 30.6 Å². The molecule has 0 bridgehead atoms. The van der Waals surface area contributed by atoms with Gasteiger partial charge in [0.15, 0.2) is 5.82 Å². The number of hydrogen-bond acceptors (Lipinski definition) is 6. The van der Waals surface area contributed by atoms with Crippen molar-refractivity contribution in [3.8, 4) is 22.8 Å². The van der Waals surface area contributed by atoms with E-state index in [2.05, 4.69) is 25.5 Å². The van der Waals surface area contributed by atoms with E-state index in [4.69, 9.17) is 5.84 Å². The number of hydrazine groups is 1. The zero-order valence-electron chi connectivity index (χ0n) is 11.8. The Morgan fingerprint density at radius 3 is 2.67 bits per heavy atom. The standard InChI is InChI=1S/C14H15N7/c1-9-4-3-5-11(17-9)14-18-12(6-13(19-14)20-15)10-7-16-21(2)8-10/h3-8H,15H2,1-2H3,(H,18,19,20). The molecule has 7 nitrogen and oxygen atoms in total. The molecular formula is C14H15N7. The van der Waals surface area contributed by atoms with Crippen LogP contribution in [0.25, 0.3) is 22.8 Å². The second kappa shape index (κ2) is 5.29. The first-order valence-electron chi connectivity index (χ1n) is 6.44. The molecule has 0 aliphatic carbocycles. The monoisotopic (exact) mass is 281 g/mol. The van der Waals surface area contributed by atoms with Crippen molar-refractivity contribution in [1.29, 1.82) is 0 Å². The van der Waals surface area contributed by atoms with Gasteiger partial charge in [-0.15, -0.1) is 0 Å². The topological polar surface area (TPSA) is 94.5 Å². The minimum atomic E-state index is 0.521. The van der Waals surface area contributed by atoms with Crippen LogP contribution in [0.15, 0.2) is 36.7 Å². The fraction of sp³-hybridized carbons (Fsp3) is 0.143. The van der Waals surface area contributed by atoms with E-state index >= 15 is 0 Å². The number of pyridine rings is 1. The summed E-state index contributed by atoms with van der Waals surface area (Å²) in [6.45, 7) is 1.93. The van der Waals surface area contributed by atoms with Crippen LogP contribution in [0.3, 0.4) is 0 Å². The van der Waals surface area contributed by atoms with Crippen molar-refractivity contribution in [2.75, 3.05) is 5.43 Å². The maximum atomic E-state index is 5.50. The first-order valence-corrected chi connectivity index (χ1v) is 6.44. The minimum Gasteiger partial charge on any atom is -0.308 e. The van der Waals surface area contributed by atoms with Crippen molar-refractivity contribution in [1.82, 2.24) is 24.7 Å². The number of anilines is 1. The number of rotatable bonds is 3. The van der Waals surface area contributed by atoms with Gasteiger partial charge in [0.25, 0.3) is 0 Å². The number of nitrogens with two attached hydrogens (primary N) is 1. The highest BCUT2D eigenvalue weighted by atomic mass is 15.3. The lowest BCUT2D eigenvalue weighted by Gasteiger charge is -2.06. The van der Waals surface area contributed by atoms with Crippen LogP contribution in [0.5, 0.6) is 0 Å². The quantitative estimate of drug-likeness (QED) is 0.558. The van der Waals surface area contributed by atoms with Crippen LogP contribution in [0.4, 0.5) is 5.82 Å². The van der Waals surface area contributed by atoms with Gasteiger partial charge in [-0.1, -0.05) is 6.07 Å². The lowest BCUT2D eigenvalue weighted by Crippen LogP contribution is -2.10. The number of nitrogen functional groups attached to an aromatic ring is 1. The molecule has 3 heterocycles. The maximum absolute atomic E-state index is 5.50. The molecule has 21 heavy (non-hydrogen) atoms. The summed E-state index contributed by atoms with van der Waals surface area (Å²) in [7, 11) is 1.86. The van der Waals surface area contributed by atoms with Crippen molar-refractivity contribution in [3.05, 3.63) is 42.4 Å². The van der Waals surface area contributed by atoms with Crippen LogP contribution in [0, 0.1) is 6.92 Å². The third-order valence-corrected chi connectivity index (χ3v) is 2.99. The molecule has 3 aromatic heterocycles. The summed E-state index contributed by atoms with van der Waals surface area (Å²) in [5.74, 6) is 6.55. The predicted molar refractivity (Wildman–Crippen MR) is 80.0 cm³/mol. The molecule has 0 spiro atoms. The van der Waals surface area contributed by atoms with Crippen molar-refractivity contribution >= 4 is 5.82 Å². The summed E-state index contributed by atoms with van der Waals surface area (Å²) in [4.78, 5) is 13.4. The fourth-order valence-corrected chi connectivity index (χ4v) is 2.00. The second-order valence-electron chi connectivity index (χ2n) is 4.67. The zero-order valence-corrected chi connectivity index (χ0v) is 11.8. The first kappa shape index (κ1) is 13.2. The Kier molecular flexibility index (Phi) is 3.33. The highest BCUT2D eigenvalue weighted by Gasteiger charge is 2.10. The summed E-state index contributed by atoms with van der Waals surface area (Å²) in [6.07, 6.45) is 3.63. The van der Waals surface area contributed by atoms with E-state index in [-0.39, 0.29) is 0 Å². The van der Waals surface area contributed by atoms with Gasteiger partial charge in [-0.3, -0.25) is 4.68 Å². The lowest BCUT2D eigenvalue weighted by molar-refractivity contribution is 0.768. The van der Waals surface area contributed by atoms with Crippen LogP contribution in [-0.2, 0) is 7.05 Å². The van der Waals surface area contributed by atoms with Gasteiger partial charge in [0.1, 0.15) is 11.5 Å². The first-order chi connectivity index (χ1) is 10.2. The summed E-state index contributed by atoms with van der Waals surface area (Å²) >= 11 is 0. The van der Waals surface area contributed by atoms with E-state index in [1.807, 2.05) is 38.4 Å². The molecule has 0 aliphatic rings. The van der Waals surface area contributed by atoms with Gasteiger partial charge < -0.3 is 5.43 Å². The Hall–Kier alpha value is -2.80. The highest BCUT2D eigenvalue weighted by molar-refractivity contribution is 5.65. The molecule has 106 valence electrons. The third kappa shape index (κ3) is 2.72. The molecule has 0 radical (unpaired) electrons. The van der Waals surface area contributed by atoms with Gasteiger partial charge in [0.2, 0.25) is 0 Å². The van der Waals surface area contributed by atoms with Crippen molar-refractivity contribution < 1.29 is 0 Å². The molecule has 3 N–H and O–H groups in total. The van der Waals surface area contributed by atoms with Crippen LogP contribution in [0.2, 0.25) is 0 Å². The summed E-state index contributed by atoms with van der Waals surface area (Å²) in [5.41, 5.74) is 5.81. The van der Waals surface area contributed by atoms with Crippen LogP contribution in [0.1, 0.15) is 5.69 Å². The molecule has 0 unspecified atom stereocenters. The Labute approximate surface area is 121 Å². The molecule has 3 rings (SSSR count). The SMILES string of the molecule is Cc1cccc(-c2nc(NN)cc(-c3cnn(C)c3)n2)n1. The fourth-order valence-electron chi connectivity index (χ4n) is 2.00. The molecule has 0 aliphatic heterocycles. The number of hydrogen-bond donors (Lipinski definition) is 2. The summed E-state index contributed by atoms with van der Waals surface area (Å²) in [5, 5.41) is 4.15. The van der Waals surface area contributed by atoms with Gasteiger partial charge in [0.05, 0.1) is 11.9 Å². The number of nitrogens with one attached hydrogen (secondary N) is 1. The summed E-state index contributed by atoms with van der Waals surface area (Å²) < 4.78 is 1.72. The smallest absolute Gasteiger partial charge is 0.180 e. The molecule has 0 aromatic carbocycles. The Balaban J connectivity index is 2.13.